The van der Waals surface area contributed by atoms with Crippen molar-refractivity contribution in [3.63, 3.8) is 0 Å². The molecule has 96 valence electrons. The lowest BCUT2D eigenvalue weighted by Crippen LogP contribution is -2.24. The zero-order valence-corrected chi connectivity index (χ0v) is 10.8. The van der Waals surface area contributed by atoms with E-state index in [0.717, 1.165) is 12.0 Å². The Kier molecular flexibility index (Phi) is 4.10. The van der Waals surface area contributed by atoms with Crippen LogP contribution in [0.15, 0.2) is 34.9 Å². The molecule has 1 heterocycles. The van der Waals surface area contributed by atoms with Gasteiger partial charge in [-0.1, -0.05) is 49.3 Å². The number of aromatic nitrogens is 2. The van der Waals surface area contributed by atoms with Crippen LogP contribution in [0.4, 0.5) is 0 Å². The van der Waals surface area contributed by atoms with Crippen molar-refractivity contribution in [3.8, 4) is 11.4 Å². The molecule has 2 rings (SSSR count). The van der Waals surface area contributed by atoms with E-state index in [1.54, 1.807) is 0 Å². The molecule has 0 amide bonds. The van der Waals surface area contributed by atoms with Crippen molar-refractivity contribution >= 4 is 0 Å². The molecule has 1 atom stereocenters. The Morgan fingerprint density at radius 3 is 2.61 bits per heavy atom. The van der Waals surface area contributed by atoms with E-state index in [-0.39, 0.29) is 6.04 Å². The van der Waals surface area contributed by atoms with Gasteiger partial charge >= 0.3 is 0 Å². The topological polar surface area (TPSA) is 64.9 Å². The van der Waals surface area contributed by atoms with Gasteiger partial charge in [0, 0.05) is 18.0 Å². The van der Waals surface area contributed by atoms with Gasteiger partial charge in [-0.2, -0.15) is 4.98 Å². The van der Waals surface area contributed by atoms with Gasteiger partial charge in [0.05, 0.1) is 0 Å². The summed E-state index contributed by atoms with van der Waals surface area (Å²) in [5.74, 6) is 1.82. The van der Waals surface area contributed by atoms with Crippen LogP contribution in [0.3, 0.4) is 0 Å². The molecule has 1 unspecified atom stereocenters. The molecule has 4 nitrogen and oxygen atoms in total. The third-order valence-corrected chi connectivity index (χ3v) is 2.71. The van der Waals surface area contributed by atoms with Crippen LogP contribution in [0.1, 0.15) is 26.2 Å². The summed E-state index contributed by atoms with van der Waals surface area (Å²) in [4.78, 5) is 4.37. The number of rotatable bonds is 5. The number of hydrogen-bond donors (Lipinski definition) is 1. The molecule has 0 aliphatic rings. The van der Waals surface area contributed by atoms with E-state index in [2.05, 4.69) is 24.0 Å². The monoisotopic (exact) mass is 245 g/mol. The first-order valence-electron chi connectivity index (χ1n) is 6.28. The zero-order valence-electron chi connectivity index (χ0n) is 10.8. The predicted molar refractivity (Wildman–Crippen MR) is 70.9 cm³/mol. The highest BCUT2D eigenvalue weighted by Gasteiger charge is 2.13. The molecule has 0 bridgehead atoms. The molecular formula is C14H19N3O. The largest absolute Gasteiger partial charge is 0.339 e. The van der Waals surface area contributed by atoms with Gasteiger partial charge in [0.25, 0.3) is 0 Å². The lowest BCUT2D eigenvalue weighted by atomic mass is 10.0. The molecule has 2 aromatic rings. The van der Waals surface area contributed by atoms with E-state index in [9.17, 15) is 0 Å². The van der Waals surface area contributed by atoms with Crippen LogP contribution in [0, 0.1) is 5.92 Å². The molecule has 0 saturated carbocycles. The number of nitrogens with zero attached hydrogens (tertiary/aromatic N) is 2. The molecular weight excluding hydrogens is 226 g/mol. The van der Waals surface area contributed by atoms with E-state index in [1.807, 2.05) is 30.3 Å². The van der Waals surface area contributed by atoms with Crippen LogP contribution in [-0.4, -0.2) is 16.2 Å². The van der Waals surface area contributed by atoms with Gasteiger partial charge in [-0.05, 0) is 12.3 Å². The van der Waals surface area contributed by atoms with Gasteiger partial charge in [0.1, 0.15) is 0 Å². The van der Waals surface area contributed by atoms with Crippen LogP contribution in [0.2, 0.25) is 0 Å². The van der Waals surface area contributed by atoms with Gasteiger partial charge in [-0.25, -0.2) is 0 Å². The summed E-state index contributed by atoms with van der Waals surface area (Å²) in [6.07, 6.45) is 1.60. The van der Waals surface area contributed by atoms with Crippen LogP contribution >= 0.6 is 0 Å². The molecule has 1 aromatic heterocycles. The Bertz CT molecular complexity index is 479. The number of hydrogen-bond acceptors (Lipinski definition) is 4. The van der Waals surface area contributed by atoms with E-state index in [1.165, 1.54) is 0 Å². The first kappa shape index (κ1) is 12.8. The van der Waals surface area contributed by atoms with Crippen molar-refractivity contribution in [2.45, 2.75) is 32.7 Å². The summed E-state index contributed by atoms with van der Waals surface area (Å²) in [5, 5.41) is 3.98. The van der Waals surface area contributed by atoms with Crippen LogP contribution < -0.4 is 5.73 Å². The lowest BCUT2D eigenvalue weighted by Gasteiger charge is -2.10. The van der Waals surface area contributed by atoms with Gasteiger partial charge in [0.15, 0.2) is 0 Å². The molecule has 1 aromatic carbocycles. The highest BCUT2D eigenvalue weighted by atomic mass is 16.5. The summed E-state index contributed by atoms with van der Waals surface area (Å²) >= 11 is 0. The Morgan fingerprint density at radius 2 is 1.94 bits per heavy atom. The fraction of sp³-hybridized carbons (Fsp3) is 0.429. The molecule has 18 heavy (non-hydrogen) atoms. The molecule has 0 spiro atoms. The fourth-order valence-electron chi connectivity index (χ4n) is 1.96. The van der Waals surface area contributed by atoms with Crippen molar-refractivity contribution < 1.29 is 4.52 Å². The van der Waals surface area contributed by atoms with Crippen LogP contribution in [-0.2, 0) is 6.42 Å². The summed E-state index contributed by atoms with van der Waals surface area (Å²) in [6.45, 7) is 4.31. The van der Waals surface area contributed by atoms with Gasteiger partial charge in [0.2, 0.25) is 11.7 Å². The van der Waals surface area contributed by atoms with E-state index >= 15 is 0 Å². The Balaban J connectivity index is 2.03. The quantitative estimate of drug-likeness (QED) is 0.879. The molecule has 4 heteroatoms. The normalized spacial score (nSPS) is 12.9. The minimum atomic E-state index is 0.0778. The van der Waals surface area contributed by atoms with Gasteiger partial charge in [-0.3, -0.25) is 0 Å². The standard InChI is InChI=1S/C14H19N3O/c1-10(2)8-12(15)9-13-16-14(17-18-13)11-6-4-3-5-7-11/h3-7,10,12H,8-9,15H2,1-2H3. The third kappa shape index (κ3) is 3.40. The summed E-state index contributed by atoms with van der Waals surface area (Å²) < 4.78 is 5.23. The number of nitrogens with two attached hydrogens (primary N) is 1. The fourth-order valence-corrected chi connectivity index (χ4v) is 1.96. The Morgan fingerprint density at radius 1 is 1.22 bits per heavy atom. The van der Waals surface area contributed by atoms with E-state index in [4.69, 9.17) is 10.3 Å². The molecule has 0 radical (unpaired) electrons. The average molecular weight is 245 g/mol. The number of benzene rings is 1. The van der Waals surface area contributed by atoms with Crippen molar-refractivity contribution in [2.75, 3.05) is 0 Å². The van der Waals surface area contributed by atoms with Crippen molar-refractivity contribution in [3.05, 3.63) is 36.2 Å². The molecule has 0 aliphatic heterocycles. The maximum atomic E-state index is 6.03. The van der Waals surface area contributed by atoms with Crippen LogP contribution in [0.5, 0.6) is 0 Å². The van der Waals surface area contributed by atoms with Crippen molar-refractivity contribution in [2.24, 2.45) is 11.7 Å². The molecule has 0 saturated heterocycles. The highest BCUT2D eigenvalue weighted by molar-refractivity contribution is 5.53. The van der Waals surface area contributed by atoms with E-state index in [0.29, 0.717) is 24.1 Å². The van der Waals surface area contributed by atoms with Crippen molar-refractivity contribution in [1.29, 1.82) is 0 Å². The van der Waals surface area contributed by atoms with Gasteiger partial charge < -0.3 is 10.3 Å². The highest BCUT2D eigenvalue weighted by Crippen LogP contribution is 2.16. The Labute approximate surface area is 107 Å². The third-order valence-electron chi connectivity index (χ3n) is 2.71. The average Bonchev–Trinajstić information content (AvgIpc) is 2.77. The summed E-state index contributed by atoms with van der Waals surface area (Å²) in [6, 6.07) is 9.87. The zero-order chi connectivity index (χ0) is 13.0. The molecule has 0 fully saturated rings. The minimum absolute atomic E-state index is 0.0778. The Hall–Kier alpha value is -1.68. The second kappa shape index (κ2) is 5.78. The lowest BCUT2D eigenvalue weighted by molar-refractivity contribution is 0.359. The SMILES string of the molecule is CC(C)CC(N)Cc1nc(-c2ccccc2)no1. The second-order valence-corrected chi connectivity index (χ2v) is 4.97. The first-order chi connectivity index (χ1) is 8.65. The minimum Gasteiger partial charge on any atom is -0.339 e. The van der Waals surface area contributed by atoms with Gasteiger partial charge in [-0.15, -0.1) is 0 Å². The molecule has 2 N–H and O–H groups in total. The maximum absolute atomic E-state index is 6.03. The smallest absolute Gasteiger partial charge is 0.228 e. The maximum Gasteiger partial charge on any atom is 0.228 e. The van der Waals surface area contributed by atoms with E-state index < -0.39 is 0 Å². The summed E-state index contributed by atoms with van der Waals surface area (Å²) in [7, 11) is 0. The summed E-state index contributed by atoms with van der Waals surface area (Å²) in [5.41, 5.74) is 6.99. The second-order valence-electron chi connectivity index (χ2n) is 4.97. The first-order valence-corrected chi connectivity index (χ1v) is 6.28. The van der Waals surface area contributed by atoms with Crippen molar-refractivity contribution in [1.82, 2.24) is 10.1 Å². The predicted octanol–water partition coefficient (Wildman–Crippen LogP) is 2.65. The van der Waals surface area contributed by atoms with Crippen LogP contribution in [0.25, 0.3) is 11.4 Å². The molecule has 0 aliphatic carbocycles.